The van der Waals surface area contributed by atoms with Gasteiger partial charge in [-0.2, -0.15) is 0 Å². The number of aryl methyl sites for hydroxylation is 1. The summed E-state index contributed by atoms with van der Waals surface area (Å²) in [6.07, 6.45) is 1.46. The van der Waals surface area contributed by atoms with Crippen LogP contribution in [0.3, 0.4) is 0 Å². The molecule has 4 aromatic rings. The highest BCUT2D eigenvalue weighted by molar-refractivity contribution is 7.17. The van der Waals surface area contributed by atoms with Crippen molar-refractivity contribution in [3.8, 4) is 22.6 Å². The van der Waals surface area contributed by atoms with Gasteiger partial charge in [0.25, 0.3) is 0 Å². The molecule has 8 heteroatoms. The van der Waals surface area contributed by atoms with Gasteiger partial charge in [0.1, 0.15) is 17.0 Å². The Labute approximate surface area is 176 Å². The van der Waals surface area contributed by atoms with Crippen molar-refractivity contribution in [1.29, 1.82) is 0 Å². The first-order valence-electron chi connectivity index (χ1n) is 9.07. The fourth-order valence-corrected chi connectivity index (χ4v) is 4.12. The number of rotatable bonds is 6. The normalized spacial score (nSPS) is 10.8. The third-order valence-corrected chi connectivity index (χ3v) is 5.63. The minimum Gasteiger partial charge on any atom is -0.493 e. The van der Waals surface area contributed by atoms with Crippen LogP contribution in [-0.4, -0.2) is 35.3 Å². The van der Waals surface area contributed by atoms with Crippen LogP contribution in [0, 0.1) is 6.92 Å². The summed E-state index contributed by atoms with van der Waals surface area (Å²) >= 11 is 1.51. The quantitative estimate of drug-likeness (QED) is 0.446. The van der Waals surface area contributed by atoms with Crippen LogP contribution < -0.4 is 14.8 Å². The number of nitrogens with one attached hydrogen (secondary N) is 1. The van der Waals surface area contributed by atoms with E-state index in [1.54, 1.807) is 6.07 Å². The molecule has 152 valence electrons. The van der Waals surface area contributed by atoms with E-state index >= 15 is 0 Å². The predicted molar refractivity (Wildman–Crippen MR) is 117 cm³/mol. The zero-order chi connectivity index (χ0) is 21.3. The van der Waals surface area contributed by atoms with E-state index in [2.05, 4.69) is 15.3 Å². The number of benzene rings is 2. The van der Waals surface area contributed by atoms with Gasteiger partial charge in [-0.1, -0.05) is 29.8 Å². The van der Waals surface area contributed by atoms with Crippen molar-refractivity contribution < 1.29 is 19.4 Å². The van der Waals surface area contributed by atoms with Gasteiger partial charge in [-0.25, -0.2) is 14.8 Å². The summed E-state index contributed by atoms with van der Waals surface area (Å²) in [7, 11) is 2.96. The molecule has 4 rings (SSSR count). The molecule has 0 radical (unpaired) electrons. The molecule has 0 saturated heterocycles. The molecule has 0 unspecified atom stereocenters. The van der Waals surface area contributed by atoms with E-state index in [-0.39, 0.29) is 5.56 Å². The van der Waals surface area contributed by atoms with E-state index in [0.717, 1.165) is 21.3 Å². The van der Waals surface area contributed by atoms with Crippen molar-refractivity contribution in [2.24, 2.45) is 0 Å². The van der Waals surface area contributed by atoms with Gasteiger partial charge in [-0.05, 0) is 12.5 Å². The summed E-state index contributed by atoms with van der Waals surface area (Å²) in [4.78, 5) is 21.4. The molecule has 7 nitrogen and oxygen atoms in total. The lowest BCUT2D eigenvalue weighted by Crippen LogP contribution is -2.06. The predicted octanol–water partition coefficient (Wildman–Crippen LogP) is 5.13. The summed E-state index contributed by atoms with van der Waals surface area (Å²) in [5, 5.41) is 15.7. The second-order valence-electron chi connectivity index (χ2n) is 6.60. The summed E-state index contributed by atoms with van der Waals surface area (Å²) in [6.45, 7) is 2.04. The number of aromatic carboxylic acids is 1. The van der Waals surface area contributed by atoms with E-state index in [9.17, 15) is 9.90 Å². The number of carbonyl (C=O) groups is 1. The number of hydrogen-bond donors (Lipinski definition) is 2. The van der Waals surface area contributed by atoms with Crippen molar-refractivity contribution in [2.45, 2.75) is 6.92 Å². The molecule has 0 aliphatic rings. The topological polar surface area (TPSA) is 93.6 Å². The van der Waals surface area contributed by atoms with Crippen LogP contribution in [0.2, 0.25) is 0 Å². The number of ether oxygens (including phenoxy) is 2. The van der Waals surface area contributed by atoms with E-state index in [1.807, 2.05) is 36.6 Å². The number of carboxylic acids is 1. The van der Waals surface area contributed by atoms with Crippen LogP contribution in [0.15, 0.2) is 48.1 Å². The average molecular weight is 421 g/mol. The smallest absolute Gasteiger partial charge is 0.337 e. The largest absolute Gasteiger partial charge is 0.493 e. The van der Waals surface area contributed by atoms with E-state index in [4.69, 9.17) is 9.47 Å². The number of anilines is 2. The number of aromatic nitrogens is 2. The third-order valence-electron chi connectivity index (χ3n) is 4.74. The Morgan fingerprint density at radius 3 is 2.43 bits per heavy atom. The summed E-state index contributed by atoms with van der Waals surface area (Å²) in [5.41, 5.74) is 3.59. The Bertz CT molecular complexity index is 1240. The number of carboxylic acid groups (broad SMARTS) is 1. The number of thiophene rings is 1. The van der Waals surface area contributed by atoms with Gasteiger partial charge in [-0.3, -0.25) is 0 Å². The maximum Gasteiger partial charge on any atom is 0.337 e. The van der Waals surface area contributed by atoms with Gasteiger partial charge in [-0.15, -0.1) is 11.3 Å². The van der Waals surface area contributed by atoms with Gasteiger partial charge < -0.3 is 19.9 Å². The minimum absolute atomic E-state index is 0.0477. The monoisotopic (exact) mass is 421 g/mol. The summed E-state index contributed by atoms with van der Waals surface area (Å²) in [5.74, 6) is 0.183. The Hall–Kier alpha value is -3.65. The zero-order valence-electron chi connectivity index (χ0n) is 16.6. The maximum atomic E-state index is 11.8. The Morgan fingerprint density at radius 2 is 1.77 bits per heavy atom. The second-order valence-corrected chi connectivity index (χ2v) is 7.46. The molecule has 0 aliphatic heterocycles. The van der Waals surface area contributed by atoms with Crippen LogP contribution >= 0.6 is 11.3 Å². The highest BCUT2D eigenvalue weighted by Gasteiger charge is 2.19. The van der Waals surface area contributed by atoms with E-state index in [0.29, 0.717) is 23.0 Å². The Balaban J connectivity index is 1.86. The van der Waals surface area contributed by atoms with Crippen molar-refractivity contribution in [1.82, 2.24) is 9.97 Å². The van der Waals surface area contributed by atoms with E-state index < -0.39 is 5.97 Å². The molecule has 0 bridgehead atoms. The van der Waals surface area contributed by atoms with Crippen LogP contribution in [0.25, 0.3) is 21.3 Å². The molecule has 30 heavy (non-hydrogen) atoms. The molecule has 2 aromatic heterocycles. The van der Waals surface area contributed by atoms with Crippen molar-refractivity contribution >= 4 is 39.0 Å². The molecule has 0 amide bonds. The van der Waals surface area contributed by atoms with Gasteiger partial charge in [0, 0.05) is 23.1 Å². The molecule has 0 fully saturated rings. The lowest BCUT2D eigenvalue weighted by molar-refractivity contribution is 0.0697. The first kappa shape index (κ1) is 19.7. The first-order valence-corrected chi connectivity index (χ1v) is 9.95. The van der Waals surface area contributed by atoms with Gasteiger partial charge >= 0.3 is 5.97 Å². The van der Waals surface area contributed by atoms with E-state index in [1.165, 1.54) is 43.5 Å². The zero-order valence-corrected chi connectivity index (χ0v) is 17.4. The second kappa shape index (κ2) is 8.00. The first-order chi connectivity index (χ1) is 14.5. The van der Waals surface area contributed by atoms with Crippen LogP contribution in [0.5, 0.6) is 11.5 Å². The fourth-order valence-electron chi connectivity index (χ4n) is 3.20. The molecule has 2 aromatic carbocycles. The van der Waals surface area contributed by atoms with Crippen molar-refractivity contribution in [3.05, 3.63) is 59.2 Å². The Kier molecular flexibility index (Phi) is 5.24. The third kappa shape index (κ3) is 3.53. The molecule has 2 heterocycles. The highest BCUT2D eigenvalue weighted by atomic mass is 32.1. The molecular weight excluding hydrogens is 402 g/mol. The SMILES string of the molecule is COc1cc(Nc2ncnc3scc(-c4ccc(C)cc4)c23)c(C(=O)O)cc1OC. The maximum absolute atomic E-state index is 11.8. The van der Waals surface area contributed by atoms with Crippen LogP contribution in [0.4, 0.5) is 11.5 Å². The highest BCUT2D eigenvalue weighted by Crippen LogP contribution is 2.39. The number of hydrogen-bond acceptors (Lipinski definition) is 7. The average Bonchev–Trinajstić information content (AvgIpc) is 3.19. The van der Waals surface area contributed by atoms with Crippen molar-refractivity contribution in [2.75, 3.05) is 19.5 Å². The Morgan fingerprint density at radius 1 is 1.07 bits per heavy atom. The van der Waals surface area contributed by atoms with Crippen LogP contribution in [0.1, 0.15) is 15.9 Å². The lowest BCUT2D eigenvalue weighted by Gasteiger charge is -2.15. The number of fused-ring (bicyclic) bond motifs is 1. The number of nitrogens with zero attached hydrogens (tertiary/aromatic N) is 2. The minimum atomic E-state index is -1.09. The molecule has 0 atom stereocenters. The molecule has 0 aliphatic carbocycles. The molecule has 2 N–H and O–H groups in total. The van der Waals surface area contributed by atoms with Crippen molar-refractivity contribution in [3.63, 3.8) is 0 Å². The van der Waals surface area contributed by atoms with Gasteiger partial charge in [0.2, 0.25) is 0 Å². The summed E-state index contributed by atoms with van der Waals surface area (Å²) in [6, 6.07) is 11.2. The molecule has 0 spiro atoms. The summed E-state index contributed by atoms with van der Waals surface area (Å²) < 4.78 is 10.6. The van der Waals surface area contributed by atoms with Crippen LogP contribution in [-0.2, 0) is 0 Å². The van der Waals surface area contributed by atoms with Gasteiger partial charge in [0.05, 0.1) is 30.9 Å². The molecule has 0 saturated carbocycles. The number of methoxy groups -OCH3 is 2. The lowest BCUT2D eigenvalue weighted by atomic mass is 10.0. The standard InChI is InChI=1S/C22H19N3O4S/c1-12-4-6-13(7-5-12)15-10-30-21-19(15)20(23-11-24-21)25-16-9-18(29-3)17(28-2)8-14(16)22(26)27/h4-11H,1-3H3,(H,26,27)(H,23,24,25). The molecular formula is C22H19N3O4S. The fraction of sp³-hybridized carbons (Fsp3) is 0.136. The van der Waals surface area contributed by atoms with Gasteiger partial charge in [0.15, 0.2) is 11.5 Å².